The number of hydrogen-bond donors (Lipinski definition) is 1. The third-order valence-corrected chi connectivity index (χ3v) is 4.24. The summed E-state index contributed by atoms with van der Waals surface area (Å²) in [7, 11) is 2.86. The fourth-order valence-electron chi connectivity index (χ4n) is 3.25. The minimum absolute atomic E-state index is 0.0193. The van der Waals surface area contributed by atoms with Gasteiger partial charge in [-0.1, -0.05) is 0 Å². The normalized spacial score (nSPS) is 30.5. The van der Waals surface area contributed by atoms with E-state index in [2.05, 4.69) is 5.32 Å². The summed E-state index contributed by atoms with van der Waals surface area (Å²) in [6.07, 6.45) is -2.08. The second-order valence-electron chi connectivity index (χ2n) is 8.20. The lowest BCUT2D eigenvalue weighted by molar-refractivity contribution is -0.217. The van der Waals surface area contributed by atoms with E-state index >= 15 is 0 Å². The minimum Gasteiger partial charge on any atom is -0.469 e. The van der Waals surface area contributed by atoms with Gasteiger partial charge in [-0.2, -0.15) is 0 Å². The molecule has 1 N–H and O–H groups in total. The maximum atomic E-state index is 12.1. The molecule has 2 saturated heterocycles. The van der Waals surface area contributed by atoms with Gasteiger partial charge in [0.15, 0.2) is 12.1 Å². The molecular formula is C18H31NO8. The summed E-state index contributed by atoms with van der Waals surface area (Å²) in [5, 5.41) is 2.71. The van der Waals surface area contributed by atoms with Crippen LogP contribution in [0.15, 0.2) is 0 Å². The molecule has 0 spiro atoms. The van der Waals surface area contributed by atoms with E-state index in [1.807, 2.05) is 0 Å². The van der Waals surface area contributed by atoms with Crippen LogP contribution in [0.1, 0.15) is 47.5 Å². The van der Waals surface area contributed by atoms with Crippen LogP contribution in [-0.4, -0.2) is 68.3 Å². The van der Waals surface area contributed by atoms with Gasteiger partial charge >= 0.3 is 12.1 Å². The summed E-state index contributed by atoms with van der Waals surface area (Å²) < 4.78 is 33.1. The van der Waals surface area contributed by atoms with E-state index in [-0.39, 0.29) is 12.5 Å². The van der Waals surface area contributed by atoms with Crippen LogP contribution in [0.5, 0.6) is 0 Å². The quantitative estimate of drug-likeness (QED) is 0.685. The molecule has 2 heterocycles. The highest BCUT2D eigenvalue weighted by atomic mass is 16.8. The second kappa shape index (κ2) is 8.30. The molecule has 27 heavy (non-hydrogen) atoms. The Balaban J connectivity index is 2.03. The fraction of sp³-hybridized carbons (Fsp3) is 0.889. The maximum Gasteiger partial charge on any atom is 0.407 e. The van der Waals surface area contributed by atoms with Gasteiger partial charge in [0.25, 0.3) is 0 Å². The van der Waals surface area contributed by atoms with Gasteiger partial charge in [-0.25, -0.2) is 4.79 Å². The van der Waals surface area contributed by atoms with Gasteiger partial charge in [0.05, 0.1) is 19.6 Å². The van der Waals surface area contributed by atoms with Crippen molar-refractivity contribution >= 4 is 12.1 Å². The first kappa shape index (κ1) is 21.9. The fourth-order valence-corrected chi connectivity index (χ4v) is 3.25. The first-order valence-electron chi connectivity index (χ1n) is 9.04. The van der Waals surface area contributed by atoms with Crippen LogP contribution in [0.2, 0.25) is 0 Å². The van der Waals surface area contributed by atoms with Crippen LogP contribution < -0.4 is 5.32 Å². The van der Waals surface area contributed by atoms with Crippen LogP contribution in [0, 0.1) is 0 Å². The van der Waals surface area contributed by atoms with Crippen LogP contribution in [0.25, 0.3) is 0 Å². The Morgan fingerprint density at radius 2 is 1.85 bits per heavy atom. The lowest BCUT2D eigenvalue weighted by Gasteiger charge is -2.28. The van der Waals surface area contributed by atoms with E-state index in [4.69, 9.17) is 28.4 Å². The van der Waals surface area contributed by atoms with Crippen LogP contribution in [0.3, 0.4) is 0 Å². The van der Waals surface area contributed by atoms with Crippen molar-refractivity contribution in [3.63, 3.8) is 0 Å². The SMILES string of the molecule is COC(=O)C[C@H](C[C@H]1O[C@@H]2OC(C)(C)O[C@@H]2[C@H]1OC)NC(=O)OC(C)(C)C. The average molecular weight is 389 g/mol. The van der Waals surface area contributed by atoms with Gasteiger partial charge in [-0.15, -0.1) is 0 Å². The van der Waals surface area contributed by atoms with Gasteiger partial charge < -0.3 is 33.7 Å². The predicted octanol–water partition coefficient (Wildman–Crippen LogP) is 1.72. The molecule has 156 valence electrons. The highest BCUT2D eigenvalue weighted by molar-refractivity contribution is 5.72. The standard InChI is InChI=1S/C18H31NO8/c1-17(2,3)27-16(21)19-10(9-12(20)22-6)8-11-13(23-7)14-15(24-11)26-18(4,5)25-14/h10-11,13-15H,8-9H2,1-7H3,(H,19,21)/t10-,11+,13-,14+,15+/m0/s1. The highest BCUT2D eigenvalue weighted by Crippen LogP contribution is 2.39. The molecule has 2 fully saturated rings. The van der Waals surface area contributed by atoms with Crippen molar-refractivity contribution in [2.24, 2.45) is 0 Å². The number of ether oxygens (including phenoxy) is 6. The number of amides is 1. The number of carbonyl (C=O) groups is 2. The first-order chi connectivity index (χ1) is 12.4. The Bertz CT molecular complexity index is 544. The second-order valence-corrected chi connectivity index (χ2v) is 8.20. The molecule has 2 aliphatic rings. The Morgan fingerprint density at radius 1 is 1.19 bits per heavy atom. The lowest BCUT2D eigenvalue weighted by Crippen LogP contribution is -2.44. The number of carbonyl (C=O) groups excluding carboxylic acids is 2. The molecule has 0 bridgehead atoms. The summed E-state index contributed by atoms with van der Waals surface area (Å²) in [5.74, 6) is -1.20. The van der Waals surface area contributed by atoms with Gasteiger partial charge in [0.2, 0.25) is 0 Å². The maximum absolute atomic E-state index is 12.1. The zero-order valence-electron chi connectivity index (χ0n) is 17.1. The van der Waals surface area contributed by atoms with E-state index in [9.17, 15) is 9.59 Å². The summed E-state index contributed by atoms with van der Waals surface area (Å²) >= 11 is 0. The zero-order chi connectivity index (χ0) is 20.4. The topological polar surface area (TPSA) is 102 Å². The molecule has 0 aromatic heterocycles. The minimum atomic E-state index is -0.753. The smallest absolute Gasteiger partial charge is 0.407 e. The summed E-state index contributed by atoms with van der Waals surface area (Å²) in [6, 6.07) is -0.554. The molecule has 0 aromatic carbocycles. The Kier molecular flexibility index (Phi) is 6.72. The van der Waals surface area contributed by atoms with E-state index in [0.717, 1.165) is 0 Å². The van der Waals surface area contributed by atoms with Gasteiger partial charge in [-0.3, -0.25) is 4.79 Å². The zero-order valence-corrected chi connectivity index (χ0v) is 17.1. The predicted molar refractivity (Wildman–Crippen MR) is 93.9 cm³/mol. The van der Waals surface area contributed by atoms with Crippen molar-refractivity contribution in [3.05, 3.63) is 0 Å². The summed E-state index contributed by atoms with van der Waals surface area (Å²) in [5.41, 5.74) is -0.650. The molecule has 0 aromatic rings. The molecule has 5 atom stereocenters. The van der Waals surface area contributed by atoms with E-state index in [1.54, 1.807) is 41.7 Å². The van der Waals surface area contributed by atoms with E-state index in [1.165, 1.54) is 7.11 Å². The summed E-state index contributed by atoms with van der Waals surface area (Å²) in [4.78, 5) is 23.9. The van der Waals surface area contributed by atoms with E-state index < -0.39 is 48.0 Å². The van der Waals surface area contributed by atoms with Crippen molar-refractivity contribution in [2.45, 2.75) is 89.5 Å². The molecule has 9 nitrogen and oxygen atoms in total. The van der Waals surface area contributed by atoms with Crippen molar-refractivity contribution in [1.29, 1.82) is 0 Å². The molecule has 9 heteroatoms. The molecule has 2 rings (SSSR count). The van der Waals surface area contributed by atoms with Crippen LogP contribution >= 0.6 is 0 Å². The molecule has 2 aliphatic heterocycles. The monoisotopic (exact) mass is 389 g/mol. The highest BCUT2D eigenvalue weighted by Gasteiger charge is 2.55. The van der Waals surface area contributed by atoms with Gasteiger partial charge in [-0.05, 0) is 41.0 Å². The summed E-state index contributed by atoms with van der Waals surface area (Å²) in [6.45, 7) is 8.91. The number of methoxy groups -OCH3 is 2. The van der Waals surface area contributed by atoms with Crippen LogP contribution in [0.4, 0.5) is 4.79 Å². The Labute approximate surface area is 159 Å². The number of rotatable bonds is 6. The Hall–Kier alpha value is -1.42. The molecule has 0 aliphatic carbocycles. The first-order valence-corrected chi connectivity index (χ1v) is 9.04. The van der Waals surface area contributed by atoms with Gasteiger partial charge in [0.1, 0.15) is 17.8 Å². The van der Waals surface area contributed by atoms with Crippen molar-refractivity contribution in [2.75, 3.05) is 14.2 Å². The van der Waals surface area contributed by atoms with Crippen LogP contribution in [-0.2, 0) is 33.2 Å². The number of hydrogen-bond acceptors (Lipinski definition) is 8. The molecule has 0 saturated carbocycles. The third-order valence-electron chi connectivity index (χ3n) is 4.24. The number of alkyl carbamates (subject to hydrolysis) is 1. The molecule has 0 unspecified atom stereocenters. The molecule has 0 radical (unpaired) electrons. The largest absolute Gasteiger partial charge is 0.469 e. The van der Waals surface area contributed by atoms with Crippen molar-refractivity contribution in [3.8, 4) is 0 Å². The number of esters is 1. The number of fused-ring (bicyclic) bond motifs is 1. The average Bonchev–Trinajstić information content (AvgIpc) is 2.95. The Morgan fingerprint density at radius 3 is 2.41 bits per heavy atom. The molecular weight excluding hydrogens is 358 g/mol. The van der Waals surface area contributed by atoms with Gasteiger partial charge in [0, 0.05) is 13.2 Å². The third kappa shape index (κ3) is 6.03. The number of nitrogens with one attached hydrogen (secondary N) is 1. The van der Waals surface area contributed by atoms with Crippen molar-refractivity contribution < 1.29 is 38.0 Å². The lowest BCUT2D eigenvalue weighted by atomic mass is 10.0. The van der Waals surface area contributed by atoms with E-state index in [0.29, 0.717) is 6.42 Å². The van der Waals surface area contributed by atoms with Crippen molar-refractivity contribution in [1.82, 2.24) is 5.32 Å². The molecule has 1 amide bonds.